The van der Waals surface area contributed by atoms with Crippen LogP contribution in [0, 0.1) is 6.92 Å². The lowest BCUT2D eigenvalue weighted by Gasteiger charge is -2.40. The maximum absolute atomic E-state index is 13.6. The fraction of sp³-hybridized carbons (Fsp3) is 0.333. The Morgan fingerprint density at radius 2 is 1.78 bits per heavy atom. The summed E-state index contributed by atoms with van der Waals surface area (Å²) >= 11 is 0. The number of fused-ring (bicyclic) bond motifs is 1. The van der Waals surface area contributed by atoms with Gasteiger partial charge in [0, 0.05) is 36.3 Å². The Bertz CT molecular complexity index is 1310. The maximum atomic E-state index is 13.6. The summed E-state index contributed by atoms with van der Waals surface area (Å²) in [6, 6.07) is 16.1. The highest BCUT2D eigenvalue weighted by Gasteiger charge is 2.44. The normalized spacial score (nSPS) is 16.7. The Labute approximate surface area is 187 Å². The number of carbonyl (C=O) groups is 1. The van der Waals surface area contributed by atoms with Gasteiger partial charge in [-0.3, -0.25) is 4.79 Å². The van der Waals surface area contributed by atoms with Crippen LogP contribution in [0.4, 0.5) is 5.69 Å². The van der Waals surface area contributed by atoms with E-state index in [1.807, 2.05) is 43.3 Å². The van der Waals surface area contributed by atoms with E-state index in [4.69, 9.17) is 4.42 Å². The van der Waals surface area contributed by atoms with Gasteiger partial charge in [-0.15, -0.1) is 0 Å². The number of benzene rings is 2. The lowest BCUT2D eigenvalue weighted by Crippen LogP contribution is -2.51. The Morgan fingerprint density at radius 3 is 2.44 bits per heavy atom. The standard InChI is InChI=1S/C24H26N2O5S/c1-3-32(29,30)26-13-11-24(12-14-26,18-7-5-4-6-8-18)23(28)25-19-9-10-20-17(2)15-22(27)31-21(20)16-19/h4-10,15-16H,3,11-14H2,1-2H3,(H,25,28). The van der Waals surface area contributed by atoms with Crippen molar-refractivity contribution in [2.45, 2.75) is 32.1 Å². The predicted octanol–water partition coefficient (Wildman–Crippen LogP) is 3.42. The molecule has 32 heavy (non-hydrogen) atoms. The molecule has 1 saturated heterocycles. The summed E-state index contributed by atoms with van der Waals surface area (Å²) in [6.45, 7) is 4.02. The molecule has 0 aliphatic carbocycles. The summed E-state index contributed by atoms with van der Waals surface area (Å²) < 4.78 is 31.4. The van der Waals surface area contributed by atoms with Gasteiger partial charge < -0.3 is 9.73 Å². The molecule has 0 unspecified atom stereocenters. The van der Waals surface area contributed by atoms with E-state index in [1.165, 1.54) is 10.4 Å². The molecule has 0 radical (unpaired) electrons. The highest BCUT2D eigenvalue weighted by Crippen LogP contribution is 2.38. The molecule has 1 aliphatic rings. The molecule has 3 aromatic rings. The molecule has 1 amide bonds. The summed E-state index contributed by atoms with van der Waals surface area (Å²) in [5, 5.41) is 3.78. The number of nitrogens with zero attached hydrogens (tertiary/aromatic N) is 1. The Balaban J connectivity index is 1.66. The first-order valence-corrected chi connectivity index (χ1v) is 12.3. The first-order valence-electron chi connectivity index (χ1n) is 10.6. The van der Waals surface area contributed by atoms with Crippen LogP contribution in [0.5, 0.6) is 0 Å². The topological polar surface area (TPSA) is 96.7 Å². The minimum absolute atomic E-state index is 0.0409. The van der Waals surface area contributed by atoms with E-state index in [-0.39, 0.29) is 24.7 Å². The molecule has 0 spiro atoms. The zero-order valence-corrected chi connectivity index (χ0v) is 18.9. The number of carbonyl (C=O) groups excluding carboxylic acids is 1. The van der Waals surface area contributed by atoms with Crippen molar-refractivity contribution < 1.29 is 17.6 Å². The van der Waals surface area contributed by atoms with Crippen LogP contribution in [0.2, 0.25) is 0 Å². The average molecular weight is 455 g/mol. The van der Waals surface area contributed by atoms with E-state index in [1.54, 1.807) is 19.1 Å². The van der Waals surface area contributed by atoms with Crippen LogP contribution < -0.4 is 10.9 Å². The van der Waals surface area contributed by atoms with Crippen molar-refractivity contribution in [1.29, 1.82) is 0 Å². The molecule has 0 saturated carbocycles. The van der Waals surface area contributed by atoms with Crippen molar-refractivity contribution in [1.82, 2.24) is 4.31 Å². The van der Waals surface area contributed by atoms with Gasteiger partial charge in [0.15, 0.2) is 0 Å². The molecule has 2 heterocycles. The summed E-state index contributed by atoms with van der Waals surface area (Å²) in [5.74, 6) is -0.161. The summed E-state index contributed by atoms with van der Waals surface area (Å²) in [4.78, 5) is 25.4. The smallest absolute Gasteiger partial charge is 0.336 e. The molecule has 8 heteroatoms. The van der Waals surface area contributed by atoms with Crippen LogP contribution >= 0.6 is 0 Å². The number of nitrogens with one attached hydrogen (secondary N) is 1. The van der Waals surface area contributed by atoms with Crippen LogP contribution in [-0.2, 0) is 20.2 Å². The molecule has 7 nitrogen and oxygen atoms in total. The highest BCUT2D eigenvalue weighted by atomic mass is 32.2. The van der Waals surface area contributed by atoms with E-state index < -0.39 is 21.1 Å². The second kappa shape index (κ2) is 8.52. The van der Waals surface area contributed by atoms with E-state index in [9.17, 15) is 18.0 Å². The highest BCUT2D eigenvalue weighted by molar-refractivity contribution is 7.89. The van der Waals surface area contributed by atoms with E-state index in [0.29, 0.717) is 24.1 Å². The van der Waals surface area contributed by atoms with E-state index in [0.717, 1.165) is 16.5 Å². The fourth-order valence-electron chi connectivity index (χ4n) is 4.39. The molecular formula is C24H26N2O5S. The van der Waals surface area contributed by atoms with Gasteiger partial charge in [0.2, 0.25) is 15.9 Å². The molecule has 0 atom stereocenters. The summed E-state index contributed by atoms with van der Waals surface area (Å²) in [7, 11) is -3.31. The van der Waals surface area contributed by atoms with Gasteiger partial charge in [0.25, 0.3) is 0 Å². The average Bonchev–Trinajstić information content (AvgIpc) is 2.79. The number of aryl methyl sites for hydroxylation is 1. The van der Waals surface area contributed by atoms with E-state index in [2.05, 4.69) is 5.32 Å². The molecule has 1 fully saturated rings. The quantitative estimate of drug-likeness (QED) is 0.596. The molecule has 1 aliphatic heterocycles. The fourth-order valence-corrected chi connectivity index (χ4v) is 5.49. The zero-order chi connectivity index (χ0) is 22.9. The Morgan fingerprint density at radius 1 is 1.09 bits per heavy atom. The number of sulfonamides is 1. The first kappa shape index (κ1) is 22.2. The van der Waals surface area contributed by atoms with Crippen LogP contribution in [0.3, 0.4) is 0 Å². The number of hydrogen-bond donors (Lipinski definition) is 1. The van der Waals surface area contributed by atoms with Crippen molar-refractivity contribution in [2.24, 2.45) is 0 Å². The Kier molecular flexibility index (Phi) is 5.92. The number of amides is 1. The first-order chi connectivity index (χ1) is 15.2. The van der Waals surface area contributed by atoms with Crippen LogP contribution in [-0.4, -0.2) is 37.5 Å². The summed E-state index contributed by atoms with van der Waals surface area (Å²) in [6.07, 6.45) is 0.758. The molecular weight excluding hydrogens is 428 g/mol. The second-order valence-corrected chi connectivity index (χ2v) is 10.4. The van der Waals surface area contributed by atoms with Crippen LogP contribution in [0.25, 0.3) is 11.0 Å². The number of hydrogen-bond acceptors (Lipinski definition) is 5. The second-order valence-electron chi connectivity index (χ2n) is 8.16. The van der Waals surface area contributed by atoms with Crippen molar-refractivity contribution in [3.8, 4) is 0 Å². The predicted molar refractivity (Wildman–Crippen MR) is 124 cm³/mol. The third-order valence-electron chi connectivity index (χ3n) is 6.30. The van der Waals surface area contributed by atoms with Gasteiger partial charge in [-0.2, -0.15) is 0 Å². The van der Waals surface area contributed by atoms with Gasteiger partial charge in [0.05, 0.1) is 11.2 Å². The van der Waals surface area contributed by atoms with Gasteiger partial charge in [0.1, 0.15) is 5.58 Å². The Hall–Kier alpha value is -2.97. The SMILES string of the molecule is CCS(=O)(=O)N1CCC(C(=O)Nc2ccc3c(C)cc(=O)oc3c2)(c2ccccc2)CC1. The monoisotopic (exact) mass is 454 g/mol. The largest absolute Gasteiger partial charge is 0.423 e. The third kappa shape index (κ3) is 4.08. The number of rotatable bonds is 5. The number of piperidine rings is 1. The van der Waals surface area contributed by atoms with Crippen molar-refractivity contribution >= 4 is 32.6 Å². The minimum atomic E-state index is -3.31. The number of anilines is 1. The summed E-state index contributed by atoms with van der Waals surface area (Å²) in [5.41, 5.74) is 1.29. The lowest BCUT2D eigenvalue weighted by atomic mass is 9.72. The molecule has 4 rings (SSSR count). The molecule has 1 aromatic heterocycles. The van der Waals surface area contributed by atoms with Crippen molar-refractivity contribution in [3.05, 3.63) is 76.1 Å². The molecule has 0 bridgehead atoms. The van der Waals surface area contributed by atoms with Crippen LogP contribution in [0.1, 0.15) is 30.9 Å². The van der Waals surface area contributed by atoms with Crippen LogP contribution in [0.15, 0.2) is 63.8 Å². The lowest BCUT2D eigenvalue weighted by molar-refractivity contribution is -0.123. The van der Waals surface area contributed by atoms with Crippen molar-refractivity contribution in [3.63, 3.8) is 0 Å². The zero-order valence-electron chi connectivity index (χ0n) is 18.1. The van der Waals surface area contributed by atoms with Gasteiger partial charge in [-0.1, -0.05) is 30.3 Å². The van der Waals surface area contributed by atoms with Gasteiger partial charge >= 0.3 is 5.63 Å². The van der Waals surface area contributed by atoms with E-state index >= 15 is 0 Å². The molecule has 1 N–H and O–H groups in total. The van der Waals surface area contributed by atoms with Gasteiger partial charge in [-0.25, -0.2) is 17.5 Å². The maximum Gasteiger partial charge on any atom is 0.336 e. The van der Waals surface area contributed by atoms with Gasteiger partial charge in [-0.05, 0) is 49.9 Å². The minimum Gasteiger partial charge on any atom is -0.423 e. The molecule has 2 aromatic carbocycles. The third-order valence-corrected chi connectivity index (χ3v) is 8.19. The van der Waals surface area contributed by atoms with Crippen molar-refractivity contribution in [2.75, 3.05) is 24.2 Å². The molecule has 168 valence electrons.